The zero-order valence-corrected chi connectivity index (χ0v) is 13.1. The molecule has 1 aromatic carbocycles. The number of aromatic nitrogens is 1. The first-order chi connectivity index (χ1) is 9.06. The number of nitrogens with one attached hydrogen (secondary N) is 1. The molecule has 0 atom stereocenters. The van der Waals surface area contributed by atoms with E-state index in [2.05, 4.69) is 26.2 Å². The number of carbonyl (C=O) groups is 1. The molecule has 0 saturated carbocycles. The van der Waals surface area contributed by atoms with Gasteiger partial charge in [-0.3, -0.25) is 4.79 Å². The van der Waals surface area contributed by atoms with E-state index in [4.69, 9.17) is 0 Å². The van der Waals surface area contributed by atoms with Gasteiger partial charge in [0.1, 0.15) is 0 Å². The number of hydrogen-bond acceptors (Lipinski definition) is 4. The summed E-state index contributed by atoms with van der Waals surface area (Å²) in [6.45, 7) is 2.27. The molecule has 0 unspecified atom stereocenters. The van der Waals surface area contributed by atoms with Gasteiger partial charge in [0, 0.05) is 36.4 Å². The van der Waals surface area contributed by atoms with Crippen LogP contribution in [0.3, 0.4) is 0 Å². The topological polar surface area (TPSA) is 45.2 Å². The molecule has 2 rings (SSSR count). The second-order valence-electron chi connectivity index (χ2n) is 4.06. The lowest BCUT2D eigenvalue weighted by atomic mass is 10.2. The van der Waals surface area contributed by atoms with Gasteiger partial charge in [-0.05, 0) is 34.1 Å². The lowest BCUT2D eigenvalue weighted by Crippen LogP contribution is -2.22. The van der Waals surface area contributed by atoms with Gasteiger partial charge in [0.15, 0.2) is 3.92 Å². The third kappa shape index (κ3) is 3.78. The first kappa shape index (κ1) is 14.0. The van der Waals surface area contributed by atoms with Gasteiger partial charge in [0.05, 0.1) is 6.54 Å². The van der Waals surface area contributed by atoms with Crippen molar-refractivity contribution in [2.24, 2.45) is 0 Å². The lowest BCUT2D eigenvalue weighted by Gasteiger charge is -2.16. The number of amides is 1. The van der Waals surface area contributed by atoms with Crippen LogP contribution in [-0.4, -0.2) is 17.9 Å². The van der Waals surface area contributed by atoms with E-state index in [1.165, 1.54) is 0 Å². The van der Waals surface area contributed by atoms with Gasteiger partial charge in [0.25, 0.3) is 0 Å². The van der Waals surface area contributed by atoms with Crippen molar-refractivity contribution in [2.75, 3.05) is 17.3 Å². The number of nitrogens with zero attached hydrogens (tertiary/aromatic N) is 2. The molecule has 2 aromatic rings. The van der Waals surface area contributed by atoms with Crippen LogP contribution in [-0.2, 0) is 11.3 Å². The highest BCUT2D eigenvalue weighted by molar-refractivity contribution is 9.11. The smallest absolute Gasteiger partial charge is 0.223 e. The Hall–Kier alpha value is -1.40. The van der Waals surface area contributed by atoms with Gasteiger partial charge < -0.3 is 10.2 Å². The van der Waals surface area contributed by atoms with Crippen LogP contribution in [0.5, 0.6) is 0 Å². The molecule has 0 aliphatic heterocycles. The molecule has 19 heavy (non-hydrogen) atoms. The molecule has 0 spiro atoms. The van der Waals surface area contributed by atoms with Crippen LogP contribution in [0.1, 0.15) is 11.8 Å². The minimum Gasteiger partial charge on any atom is -0.380 e. The van der Waals surface area contributed by atoms with Crippen molar-refractivity contribution in [2.45, 2.75) is 13.5 Å². The quantitative estimate of drug-likeness (QED) is 0.927. The summed E-state index contributed by atoms with van der Waals surface area (Å²) in [5.41, 5.74) is 1.86. The van der Waals surface area contributed by atoms with E-state index in [-0.39, 0.29) is 5.91 Å². The molecule has 4 nitrogen and oxygen atoms in total. The Kier molecular flexibility index (Phi) is 4.55. The van der Waals surface area contributed by atoms with E-state index >= 15 is 0 Å². The van der Waals surface area contributed by atoms with Crippen LogP contribution in [0.25, 0.3) is 0 Å². The first-order valence-electron chi connectivity index (χ1n) is 5.74. The van der Waals surface area contributed by atoms with E-state index in [0.717, 1.165) is 26.7 Å². The van der Waals surface area contributed by atoms with Crippen LogP contribution in [0.2, 0.25) is 0 Å². The normalized spacial score (nSPS) is 10.3. The first-order valence-corrected chi connectivity index (χ1v) is 7.35. The average Bonchev–Trinajstić information content (AvgIpc) is 2.81. The molecule has 0 bridgehead atoms. The van der Waals surface area contributed by atoms with Crippen LogP contribution >= 0.6 is 27.3 Å². The van der Waals surface area contributed by atoms with Gasteiger partial charge in [-0.15, -0.1) is 11.3 Å². The van der Waals surface area contributed by atoms with Gasteiger partial charge >= 0.3 is 0 Å². The minimum atomic E-state index is 0.0172. The Balaban J connectivity index is 2.05. The Labute approximate surface area is 124 Å². The van der Waals surface area contributed by atoms with Gasteiger partial charge in [-0.25, -0.2) is 4.98 Å². The standard InChI is InChI=1S/C13H14BrN3OS/c1-9(18)17(2)11-5-3-4-10(6-11)15-7-12-8-16-13(14)19-12/h3-6,8,15H,7H2,1-2H3. The van der Waals surface area contributed by atoms with Crippen molar-refractivity contribution in [1.29, 1.82) is 0 Å². The third-order valence-corrected chi connectivity index (χ3v) is 4.17. The molecule has 0 radical (unpaired) electrons. The summed E-state index contributed by atoms with van der Waals surface area (Å²) in [5, 5.41) is 3.32. The Bertz CT molecular complexity index is 585. The molecule has 1 heterocycles. The third-order valence-electron chi connectivity index (χ3n) is 2.70. The van der Waals surface area contributed by atoms with Crippen molar-refractivity contribution < 1.29 is 4.79 Å². The highest BCUT2D eigenvalue weighted by atomic mass is 79.9. The van der Waals surface area contributed by atoms with Gasteiger partial charge in [0.2, 0.25) is 5.91 Å². The average molecular weight is 340 g/mol. The predicted octanol–water partition coefficient (Wildman–Crippen LogP) is 3.50. The van der Waals surface area contributed by atoms with Gasteiger partial charge in [-0.2, -0.15) is 0 Å². The van der Waals surface area contributed by atoms with Crippen LogP contribution < -0.4 is 10.2 Å². The van der Waals surface area contributed by atoms with E-state index in [1.807, 2.05) is 30.5 Å². The van der Waals surface area contributed by atoms with Gasteiger partial charge in [-0.1, -0.05) is 6.07 Å². The number of hydrogen-bond donors (Lipinski definition) is 1. The van der Waals surface area contributed by atoms with Crippen molar-refractivity contribution in [3.05, 3.63) is 39.3 Å². The predicted molar refractivity (Wildman–Crippen MR) is 82.7 cm³/mol. The van der Waals surface area contributed by atoms with E-state index in [0.29, 0.717) is 0 Å². The van der Waals surface area contributed by atoms with Crippen molar-refractivity contribution >= 4 is 44.5 Å². The van der Waals surface area contributed by atoms with E-state index in [9.17, 15) is 4.79 Å². The molecule has 6 heteroatoms. The molecule has 1 amide bonds. The minimum absolute atomic E-state index is 0.0172. The van der Waals surface area contributed by atoms with Crippen molar-refractivity contribution in [3.8, 4) is 0 Å². The summed E-state index contributed by atoms with van der Waals surface area (Å²) in [4.78, 5) is 18.2. The fourth-order valence-corrected chi connectivity index (χ4v) is 2.86. The summed E-state index contributed by atoms with van der Waals surface area (Å²) in [6, 6.07) is 7.78. The summed E-state index contributed by atoms with van der Waals surface area (Å²) < 4.78 is 0.884. The number of thiazole rings is 1. The summed E-state index contributed by atoms with van der Waals surface area (Å²) >= 11 is 4.94. The molecular weight excluding hydrogens is 326 g/mol. The Morgan fingerprint density at radius 3 is 2.95 bits per heavy atom. The zero-order chi connectivity index (χ0) is 13.8. The molecular formula is C13H14BrN3OS. The molecule has 100 valence electrons. The summed E-state index contributed by atoms with van der Waals surface area (Å²) in [6.07, 6.45) is 1.84. The number of rotatable bonds is 4. The molecule has 0 aliphatic carbocycles. The highest BCUT2D eigenvalue weighted by Gasteiger charge is 2.06. The maximum Gasteiger partial charge on any atom is 0.223 e. The summed E-state index contributed by atoms with van der Waals surface area (Å²) in [5.74, 6) is 0.0172. The maximum atomic E-state index is 11.3. The molecule has 0 aliphatic rings. The van der Waals surface area contributed by atoms with Crippen LogP contribution in [0.4, 0.5) is 11.4 Å². The number of anilines is 2. The maximum absolute atomic E-state index is 11.3. The largest absolute Gasteiger partial charge is 0.380 e. The lowest BCUT2D eigenvalue weighted by molar-refractivity contribution is -0.116. The molecule has 0 saturated heterocycles. The fraction of sp³-hybridized carbons (Fsp3) is 0.231. The van der Waals surface area contributed by atoms with Crippen LogP contribution in [0.15, 0.2) is 34.4 Å². The second-order valence-corrected chi connectivity index (χ2v) is 6.45. The van der Waals surface area contributed by atoms with Crippen molar-refractivity contribution in [3.63, 3.8) is 0 Å². The number of benzene rings is 1. The van der Waals surface area contributed by atoms with Crippen molar-refractivity contribution in [1.82, 2.24) is 4.98 Å². The summed E-state index contributed by atoms with van der Waals surface area (Å²) in [7, 11) is 1.77. The molecule has 0 fully saturated rings. The Morgan fingerprint density at radius 2 is 2.32 bits per heavy atom. The SMILES string of the molecule is CC(=O)N(C)c1cccc(NCc2cnc(Br)s2)c1. The monoisotopic (exact) mass is 339 g/mol. The van der Waals surface area contributed by atoms with Crippen LogP contribution in [0, 0.1) is 0 Å². The highest BCUT2D eigenvalue weighted by Crippen LogP contribution is 2.22. The Morgan fingerprint density at radius 1 is 1.53 bits per heavy atom. The number of carbonyl (C=O) groups excluding carboxylic acids is 1. The molecule has 1 aromatic heterocycles. The number of halogens is 1. The second kappa shape index (κ2) is 6.16. The zero-order valence-electron chi connectivity index (χ0n) is 10.7. The molecule has 1 N–H and O–H groups in total. The van der Waals surface area contributed by atoms with E-state index in [1.54, 1.807) is 30.2 Å². The fourth-order valence-electron chi connectivity index (χ4n) is 1.56. The van der Waals surface area contributed by atoms with E-state index < -0.39 is 0 Å².